The summed E-state index contributed by atoms with van der Waals surface area (Å²) in [6.07, 6.45) is 129. The van der Waals surface area contributed by atoms with Crippen LogP contribution in [-0.2, 0) is 19.1 Å². The lowest BCUT2D eigenvalue weighted by Gasteiger charge is -2.15. The van der Waals surface area contributed by atoms with Gasteiger partial charge >= 0.3 is 11.9 Å². The Morgan fingerprint density at radius 3 is 0.652 bits per heavy atom. The minimum absolute atomic E-state index is 0.0874. The number of esters is 2. The molecule has 0 amide bonds. The lowest BCUT2D eigenvalue weighted by atomic mass is 10.0. The minimum Gasteiger partial charge on any atom is -0.462 e. The molecule has 0 radical (unpaired) electrons. The molecule has 0 heterocycles. The maximum absolute atomic E-state index is 12.4. The van der Waals surface area contributed by atoms with Crippen LogP contribution in [0.5, 0.6) is 0 Å². The molecule has 1 atom stereocenters. The van der Waals surface area contributed by atoms with Crippen molar-refractivity contribution < 1.29 is 24.2 Å². The zero-order valence-corrected chi connectivity index (χ0v) is 58.7. The molecular weight excluding hydrogens is 1120 g/mol. The number of hydrogen-bond donors (Lipinski definition) is 1. The average Bonchev–Trinajstić information content (AvgIpc) is 3.75. The fourth-order valence-electron chi connectivity index (χ4n) is 9.52. The number of aliphatic hydroxyl groups excluding tert-OH is 1. The number of aliphatic hydroxyl groups is 1. The molecule has 0 aromatic rings. The van der Waals surface area contributed by atoms with Crippen molar-refractivity contribution in [3.63, 3.8) is 0 Å². The first-order valence-corrected chi connectivity index (χ1v) is 36.9. The molecule has 0 saturated carbocycles. The number of carbonyl (C=O) groups excluding carboxylic acids is 2. The fourth-order valence-corrected chi connectivity index (χ4v) is 9.52. The van der Waals surface area contributed by atoms with Gasteiger partial charge in [-0.05, 0) is 161 Å². The Hall–Kier alpha value is -6.04. The molecule has 0 rings (SSSR count). The van der Waals surface area contributed by atoms with E-state index in [1.165, 1.54) is 77.0 Å². The monoisotopic (exact) mass is 1260 g/mol. The molecule has 0 aromatic heterocycles. The van der Waals surface area contributed by atoms with Gasteiger partial charge in [-0.15, -0.1) is 0 Å². The van der Waals surface area contributed by atoms with E-state index >= 15 is 0 Å². The van der Waals surface area contributed by atoms with Crippen molar-refractivity contribution in [3.05, 3.63) is 231 Å². The van der Waals surface area contributed by atoms with E-state index in [2.05, 4.69) is 245 Å². The summed E-state index contributed by atoms with van der Waals surface area (Å²) in [4.78, 5) is 24.7. The molecule has 0 saturated heterocycles. The van der Waals surface area contributed by atoms with Gasteiger partial charge in [-0.2, -0.15) is 0 Å². The van der Waals surface area contributed by atoms with Crippen molar-refractivity contribution in [2.24, 2.45) is 0 Å². The summed E-state index contributed by atoms with van der Waals surface area (Å²) in [5.41, 5.74) is 0. The van der Waals surface area contributed by atoms with E-state index in [-0.39, 0.29) is 25.2 Å². The number of hydrogen-bond acceptors (Lipinski definition) is 5. The van der Waals surface area contributed by atoms with Gasteiger partial charge < -0.3 is 14.6 Å². The van der Waals surface area contributed by atoms with Crippen LogP contribution in [0.15, 0.2) is 231 Å². The smallest absolute Gasteiger partial charge is 0.306 e. The van der Waals surface area contributed by atoms with Gasteiger partial charge in [-0.3, -0.25) is 9.59 Å². The predicted octanol–water partition coefficient (Wildman–Crippen LogP) is 26.4. The minimum atomic E-state index is -0.801. The zero-order valence-electron chi connectivity index (χ0n) is 58.7. The maximum atomic E-state index is 12.4. The first kappa shape index (κ1) is 86.0. The van der Waals surface area contributed by atoms with Crippen LogP contribution in [0, 0.1) is 0 Å². The Labute approximate surface area is 566 Å². The van der Waals surface area contributed by atoms with E-state index in [9.17, 15) is 14.7 Å². The Morgan fingerprint density at radius 1 is 0.250 bits per heavy atom. The molecule has 92 heavy (non-hydrogen) atoms. The van der Waals surface area contributed by atoms with Gasteiger partial charge in [0.2, 0.25) is 0 Å². The van der Waals surface area contributed by atoms with Crippen molar-refractivity contribution in [3.8, 4) is 0 Å². The van der Waals surface area contributed by atoms with E-state index in [0.717, 1.165) is 180 Å². The summed E-state index contributed by atoms with van der Waals surface area (Å²) < 4.78 is 10.7. The van der Waals surface area contributed by atoms with Gasteiger partial charge in [-0.1, -0.05) is 341 Å². The summed E-state index contributed by atoms with van der Waals surface area (Å²) in [5.74, 6) is -0.625. The molecule has 0 aromatic carbocycles. The van der Waals surface area contributed by atoms with Gasteiger partial charge in [0.15, 0.2) is 6.10 Å². The molecule has 1 N–H and O–H groups in total. The highest BCUT2D eigenvalue weighted by atomic mass is 16.6. The van der Waals surface area contributed by atoms with Crippen LogP contribution < -0.4 is 0 Å². The number of ether oxygens (including phenoxy) is 2. The summed E-state index contributed by atoms with van der Waals surface area (Å²) in [6.45, 7) is 3.89. The Bertz CT molecular complexity index is 2220. The number of unbranched alkanes of at least 4 members (excludes halogenated alkanes) is 19. The summed E-state index contributed by atoms with van der Waals surface area (Å²) in [5, 5.41) is 9.71. The second-order valence-corrected chi connectivity index (χ2v) is 23.6. The Balaban J connectivity index is 3.62. The maximum Gasteiger partial charge on any atom is 0.306 e. The molecule has 0 aliphatic carbocycles. The van der Waals surface area contributed by atoms with Gasteiger partial charge in [0.25, 0.3) is 0 Å². The summed E-state index contributed by atoms with van der Waals surface area (Å²) >= 11 is 0. The van der Waals surface area contributed by atoms with Crippen molar-refractivity contribution >= 4 is 11.9 Å². The lowest BCUT2D eigenvalue weighted by molar-refractivity contribution is -0.161. The first-order valence-electron chi connectivity index (χ1n) is 36.9. The topological polar surface area (TPSA) is 72.8 Å². The van der Waals surface area contributed by atoms with Crippen LogP contribution in [0.3, 0.4) is 0 Å². The molecular formula is C87H134O5. The molecule has 1 unspecified atom stereocenters. The van der Waals surface area contributed by atoms with Gasteiger partial charge in [0, 0.05) is 12.8 Å². The molecule has 5 heteroatoms. The quantitative estimate of drug-likeness (QED) is 0.0373. The van der Waals surface area contributed by atoms with Crippen LogP contribution in [0.4, 0.5) is 0 Å². The Morgan fingerprint density at radius 2 is 0.435 bits per heavy atom. The fraction of sp³-hybridized carbons (Fsp3) is 0.540. The third kappa shape index (κ3) is 76.4. The largest absolute Gasteiger partial charge is 0.462 e. The highest BCUT2D eigenvalue weighted by Crippen LogP contribution is 2.15. The van der Waals surface area contributed by atoms with Crippen molar-refractivity contribution in [1.29, 1.82) is 0 Å². The highest BCUT2D eigenvalue weighted by Gasteiger charge is 2.16. The number of allylic oxidation sites excluding steroid dienone is 38. The molecule has 0 bridgehead atoms. The van der Waals surface area contributed by atoms with E-state index in [1.807, 2.05) is 0 Å². The van der Waals surface area contributed by atoms with Crippen LogP contribution in [0.25, 0.3) is 0 Å². The standard InChI is InChI=1S/C87H134O5/c1-3-5-7-9-11-13-15-17-19-21-23-25-27-29-31-33-35-37-39-41-43-45-47-49-51-53-55-57-59-61-63-65-67-69-71-73-75-77-79-81-86(89)91-84-85(83-88)92-87(90)82-80-78-76-74-72-70-68-66-64-62-60-58-56-54-52-50-48-46-44-42-40-38-36-34-32-30-28-26-24-22-20-18-16-14-12-10-8-6-4-2/h5-8,11-14,17-20,23-26,29-32,35-38,41-44,47-50,54,56,60,62,66,68,85,88H,3-4,9-10,15-16,21-22,27-28,33-34,39-40,45-46,51-53,55,57-59,61,63-65,67,69-84H2,1-2H3/b7-5-,8-6-,13-11-,14-12-,19-17-,20-18-,25-23-,26-24-,31-29-,32-30-,37-35-,38-36-,43-41-,44-42-,49-47-,50-48-,56-54-,62-60-,68-66-. The van der Waals surface area contributed by atoms with Gasteiger partial charge in [0.05, 0.1) is 6.61 Å². The third-order valence-corrected chi connectivity index (χ3v) is 15.0. The van der Waals surface area contributed by atoms with Gasteiger partial charge in [0.1, 0.15) is 6.61 Å². The van der Waals surface area contributed by atoms with Crippen molar-refractivity contribution in [2.75, 3.05) is 13.2 Å². The molecule has 512 valence electrons. The van der Waals surface area contributed by atoms with Crippen LogP contribution in [-0.4, -0.2) is 36.4 Å². The van der Waals surface area contributed by atoms with E-state index in [4.69, 9.17) is 9.47 Å². The van der Waals surface area contributed by atoms with E-state index < -0.39 is 6.10 Å². The molecule has 0 spiro atoms. The first-order chi connectivity index (χ1) is 45.6. The predicted molar refractivity (Wildman–Crippen MR) is 407 cm³/mol. The normalized spacial score (nSPS) is 13.6. The van der Waals surface area contributed by atoms with E-state index in [1.54, 1.807) is 0 Å². The average molecular weight is 1260 g/mol. The number of carbonyl (C=O) groups is 2. The Kier molecular flexibility index (Phi) is 74.0. The second kappa shape index (κ2) is 79.2. The highest BCUT2D eigenvalue weighted by molar-refractivity contribution is 5.70. The second-order valence-electron chi connectivity index (χ2n) is 23.6. The molecule has 0 fully saturated rings. The molecule has 0 aliphatic rings. The number of rotatable bonds is 65. The van der Waals surface area contributed by atoms with Crippen LogP contribution in [0.2, 0.25) is 0 Å². The van der Waals surface area contributed by atoms with Crippen LogP contribution >= 0.6 is 0 Å². The molecule has 0 aliphatic heterocycles. The van der Waals surface area contributed by atoms with Crippen molar-refractivity contribution in [2.45, 2.75) is 290 Å². The van der Waals surface area contributed by atoms with Crippen molar-refractivity contribution in [1.82, 2.24) is 0 Å². The summed E-state index contributed by atoms with van der Waals surface area (Å²) in [7, 11) is 0. The van der Waals surface area contributed by atoms with Gasteiger partial charge in [-0.25, -0.2) is 0 Å². The lowest BCUT2D eigenvalue weighted by Crippen LogP contribution is -2.28. The zero-order chi connectivity index (χ0) is 66.1. The van der Waals surface area contributed by atoms with Crippen LogP contribution in [0.1, 0.15) is 284 Å². The third-order valence-electron chi connectivity index (χ3n) is 15.0. The molecule has 5 nitrogen and oxygen atoms in total. The summed E-state index contributed by atoms with van der Waals surface area (Å²) in [6, 6.07) is 0. The SMILES string of the molecule is CC/C=C\C/C=C\C/C=C\C/C=C\C/C=C\C/C=C\C/C=C\C/C=C\C/C=C\C/C=C\C/C=C\CCCCCCCC(=O)OC(CO)COC(=O)CCCCCCCCCCCCCCCC/C=C\C/C=C\C/C=C\C/C=C\C/C=C\C/C=C\C/C=C\C/C=C\CC. The van der Waals surface area contributed by atoms with E-state index in [0.29, 0.717) is 12.8 Å².